The summed E-state index contributed by atoms with van der Waals surface area (Å²) in [5, 5.41) is 12.3. The van der Waals surface area contributed by atoms with Crippen molar-refractivity contribution in [2.75, 3.05) is 7.11 Å². The fourth-order valence-corrected chi connectivity index (χ4v) is 13.0. The predicted octanol–water partition coefficient (Wildman–Crippen LogP) is 18.7. The van der Waals surface area contributed by atoms with E-state index in [1.165, 1.54) is 137 Å². The third-order valence-electron chi connectivity index (χ3n) is 16.4. The van der Waals surface area contributed by atoms with E-state index in [1.807, 2.05) is 0 Å². The van der Waals surface area contributed by atoms with Gasteiger partial charge in [-0.2, -0.15) is 0 Å². The van der Waals surface area contributed by atoms with E-state index < -0.39 is 0 Å². The second-order valence-electron chi connectivity index (χ2n) is 20.6. The van der Waals surface area contributed by atoms with Crippen molar-refractivity contribution in [3.05, 3.63) is 235 Å². The average molecular weight is 895 g/mol. The lowest BCUT2D eigenvalue weighted by Crippen LogP contribution is -2.15. The summed E-state index contributed by atoms with van der Waals surface area (Å²) in [6, 6.07) is 79.9. The topological polar surface area (TPSA) is 9.23 Å². The van der Waals surface area contributed by atoms with Crippen molar-refractivity contribution >= 4 is 53.9 Å². The molecule has 0 heterocycles. The summed E-state index contributed by atoms with van der Waals surface area (Å²) in [5.74, 6) is 0.884. The minimum atomic E-state index is -0.205. The third kappa shape index (κ3) is 5.61. The largest absolute Gasteiger partial charge is 0.496 e. The number of benzene rings is 12. The molecule has 0 saturated heterocycles. The standard InChI is InChI=1S/C69H50O/c1-68(2)59-29-17-16-19-45(59)46-33-30-41(38-60(46)68)42-31-34-47-48-35-32-43(40-62(48)69(3,4)61(47)39-42)64-50-21-8-12-25-54(50)66(55-26-13-9-22-51(55)64)67-56-27-14-10-23-52(56)65(53-24-11-15-28-57(53)67)58-36-37-63(70-5)49-20-7-6-18-44(49)58/h6-40H,1-5H3. The van der Waals surface area contributed by atoms with Crippen LogP contribution in [0.3, 0.4) is 0 Å². The fourth-order valence-electron chi connectivity index (χ4n) is 13.0. The van der Waals surface area contributed by atoms with Gasteiger partial charge in [-0.15, -0.1) is 0 Å². The zero-order valence-corrected chi connectivity index (χ0v) is 40.1. The van der Waals surface area contributed by atoms with Crippen LogP contribution in [-0.2, 0) is 10.8 Å². The number of ether oxygens (including phenoxy) is 1. The van der Waals surface area contributed by atoms with Gasteiger partial charge in [0.15, 0.2) is 0 Å². The Bertz CT molecular complexity index is 4110. The minimum absolute atomic E-state index is 0.0447. The molecule has 0 aliphatic heterocycles. The highest BCUT2D eigenvalue weighted by Gasteiger charge is 2.38. The second kappa shape index (κ2) is 14.9. The number of hydrogen-bond acceptors (Lipinski definition) is 1. The van der Waals surface area contributed by atoms with Gasteiger partial charge in [0.05, 0.1) is 7.11 Å². The normalized spacial score (nSPS) is 14.0. The third-order valence-corrected chi connectivity index (χ3v) is 16.4. The monoisotopic (exact) mass is 894 g/mol. The highest BCUT2D eigenvalue weighted by molar-refractivity contribution is 6.30. The molecule has 0 atom stereocenters. The van der Waals surface area contributed by atoms with E-state index in [2.05, 4.69) is 240 Å². The first-order chi connectivity index (χ1) is 34.2. The Kier molecular flexibility index (Phi) is 8.66. The first-order valence-corrected chi connectivity index (χ1v) is 24.7. The van der Waals surface area contributed by atoms with Crippen molar-refractivity contribution in [1.82, 2.24) is 0 Å². The van der Waals surface area contributed by atoms with Crippen LogP contribution in [0, 0.1) is 0 Å². The van der Waals surface area contributed by atoms with Gasteiger partial charge in [0.25, 0.3) is 0 Å². The summed E-state index contributed by atoms with van der Waals surface area (Å²) < 4.78 is 5.88. The molecule has 2 aliphatic rings. The molecule has 0 aromatic heterocycles. The molecule has 0 spiro atoms. The lowest BCUT2D eigenvalue weighted by molar-refractivity contribution is 0.420. The Morgan fingerprint density at radius 1 is 0.257 bits per heavy atom. The molecule has 12 aromatic carbocycles. The highest BCUT2D eigenvalue weighted by Crippen LogP contribution is 2.55. The van der Waals surface area contributed by atoms with Gasteiger partial charge in [-0.05, 0) is 162 Å². The smallest absolute Gasteiger partial charge is 0.126 e. The lowest BCUT2D eigenvalue weighted by Gasteiger charge is -2.24. The molecule has 70 heavy (non-hydrogen) atoms. The molecule has 12 aromatic rings. The summed E-state index contributed by atoms with van der Waals surface area (Å²) in [6.45, 7) is 9.57. The molecular weight excluding hydrogens is 845 g/mol. The molecule has 0 amide bonds. The number of hydrogen-bond donors (Lipinski definition) is 0. The molecule has 0 N–H and O–H groups in total. The van der Waals surface area contributed by atoms with Gasteiger partial charge in [0, 0.05) is 16.2 Å². The number of rotatable bonds is 5. The van der Waals surface area contributed by atoms with Crippen LogP contribution in [0.1, 0.15) is 49.9 Å². The SMILES string of the molecule is COc1ccc(-c2c3ccccc3c(-c3c4ccccc4c(-c4ccc5c(c4)C(C)(C)c4cc(-c6ccc7c(c6)C(C)(C)c6ccccc6-7)ccc4-5)c4ccccc34)c3ccccc23)c2ccccc12. The quantitative estimate of drug-likeness (QED) is 0.156. The molecular formula is C69H50O. The molecule has 1 heteroatoms. The van der Waals surface area contributed by atoms with Crippen LogP contribution in [0.5, 0.6) is 5.75 Å². The zero-order chi connectivity index (χ0) is 47.0. The zero-order valence-electron chi connectivity index (χ0n) is 40.1. The van der Waals surface area contributed by atoms with E-state index in [4.69, 9.17) is 4.74 Å². The van der Waals surface area contributed by atoms with Crippen LogP contribution in [0.2, 0.25) is 0 Å². The Hall–Kier alpha value is -8.26. The van der Waals surface area contributed by atoms with Crippen molar-refractivity contribution in [3.63, 3.8) is 0 Å². The maximum atomic E-state index is 5.88. The van der Waals surface area contributed by atoms with Crippen molar-refractivity contribution in [2.45, 2.75) is 38.5 Å². The van der Waals surface area contributed by atoms with Gasteiger partial charge in [0.2, 0.25) is 0 Å². The van der Waals surface area contributed by atoms with Gasteiger partial charge in [-0.3, -0.25) is 0 Å². The Morgan fingerprint density at radius 2 is 0.586 bits per heavy atom. The number of fused-ring (bicyclic) bond motifs is 11. The summed E-state index contributed by atoms with van der Waals surface area (Å²) >= 11 is 0. The van der Waals surface area contributed by atoms with Crippen molar-refractivity contribution in [1.29, 1.82) is 0 Å². The van der Waals surface area contributed by atoms with Gasteiger partial charge in [-0.25, -0.2) is 0 Å². The molecule has 0 unspecified atom stereocenters. The van der Waals surface area contributed by atoms with Crippen molar-refractivity contribution in [2.24, 2.45) is 0 Å². The maximum absolute atomic E-state index is 5.88. The second-order valence-corrected chi connectivity index (χ2v) is 20.6. The summed E-state index contributed by atoms with van der Waals surface area (Å²) in [5.41, 5.74) is 20.8. The maximum Gasteiger partial charge on any atom is 0.126 e. The molecule has 2 aliphatic carbocycles. The molecule has 0 radical (unpaired) electrons. The van der Waals surface area contributed by atoms with Crippen LogP contribution in [0.4, 0.5) is 0 Å². The summed E-state index contributed by atoms with van der Waals surface area (Å²) in [6.07, 6.45) is 0. The van der Waals surface area contributed by atoms with E-state index in [0.29, 0.717) is 0 Å². The van der Waals surface area contributed by atoms with Gasteiger partial charge >= 0.3 is 0 Å². The van der Waals surface area contributed by atoms with Gasteiger partial charge in [0.1, 0.15) is 5.75 Å². The first-order valence-electron chi connectivity index (χ1n) is 24.7. The molecule has 0 fully saturated rings. The molecule has 0 bridgehead atoms. The average Bonchev–Trinajstić information content (AvgIpc) is 3.77. The summed E-state index contributed by atoms with van der Waals surface area (Å²) in [4.78, 5) is 0. The van der Waals surface area contributed by atoms with E-state index >= 15 is 0 Å². The van der Waals surface area contributed by atoms with E-state index in [9.17, 15) is 0 Å². The van der Waals surface area contributed by atoms with Crippen LogP contribution >= 0.6 is 0 Å². The molecule has 332 valence electrons. The Labute approximate surface area is 409 Å². The van der Waals surface area contributed by atoms with E-state index in [0.717, 1.165) is 11.1 Å². The van der Waals surface area contributed by atoms with Crippen molar-refractivity contribution < 1.29 is 4.74 Å². The lowest BCUT2D eigenvalue weighted by atomic mass is 9.79. The molecule has 0 saturated carbocycles. The van der Waals surface area contributed by atoms with Crippen LogP contribution in [0.15, 0.2) is 212 Å². The van der Waals surface area contributed by atoms with Crippen LogP contribution in [0.25, 0.3) is 121 Å². The minimum Gasteiger partial charge on any atom is -0.496 e. The molecule has 1 nitrogen and oxygen atoms in total. The van der Waals surface area contributed by atoms with Gasteiger partial charge < -0.3 is 4.74 Å². The van der Waals surface area contributed by atoms with E-state index in [1.54, 1.807) is 7.11 Å². The van der Waals surface area contributed by atoms with E-state index in [-0.39, 0.29) is 10.8 Å². The van der Waals surface area contributed by atoms with Crippen LogP contribution < -0.4 is 4.74 Å². The predicted molar refractivity (Wildman–Crippen MR) is 297 cm³/mol. The number of methoxy groups -OCH3 is 1. The highest BCUT2D eigenvalue weighted by atomic mass is 16.5. The van der Waals surface area contributed by atoms with Crippen LogP contribution in [-0.4, -0.2) is 7.11 Å². The summed E-state index contributed by atoms with van der Waals surface area (Å²) in [7, 11) is 1.76. The van der Waals surface area contributed by atoms with Crippen molar-refractivity contribution in [3.8, 4) is 72.5 Å². The molecule has 14 rings (SSSR count). The fraction of sp³-hybridized carbons (Fsp3) is 0.101. The first kappa shape index (κ1) is 40.8. The van der Waals surface area contributed by atoms with Gasteiger partial charge in [-0.1, -0.05) is 216 Å². The Balaban J connectivity index is 0.945. The Morgan fingerprint density at radius 3 is 1.06 bits per heavy atom.